The lowest BCUT2D eigenvalue weighted by Crippen LogP contribution is -2.43. The first kappa shape index (κ1) is 19.7. The fourth-order valence-corrected chi connectivity index (χ4v) is 4.06. The van der Waals surface area contributed by atoms with Crippen molar-refractivity contribution in [2.24, 2.45) is 17.5 Å². The first-order valence-corrected chi connectivity index (χ1v) is 10.1. The molecule has 1 aliphatic rings. The highest BCUT2D eigenvalue weighted by Crippen LogP contribution is 2.40. The average Bonchev–Trinajstić information content (AvgIpc) is 3.28. The third-order valence-electron chi connectivity index (χ3n) is 5.73. The highest BCUT2D eigenvalue weighted by atomic mass is 16.5. The molecule has 6 nitrogen and oxygen atoms in total. The molecule has 0 amide bonds. The third kappa shape index (κ3) is 4.80. The number of benzene rings is 1. The molecular weight excluding hydrogens is 338 g/mol. The summed E-state index contributed by atoms with van der Waals surface area (Å²) in [5, 5.41) is 6.96. The molecule has 1 heterocycles. The second-order valence-corrected chi connectivity index (χ2v) is 7.57. The minimum Gasteiger partial charge on any atom is -0.385 e. The smallest absolute Gasteiger partial charge is 0.191 e. The van der Waals surface area contributed by atoms with Crippen LogP contribution in [0.4, 0.5) is 0 Å². The van der Waals surface area contributed by atoms with Gasteiger partial charge in [0, 0.05) is 33.9 Å². The van der Waals surface area contributed by atoms with E-state index in [1.54, 1.807) is 7.11 Å². The van der Waals surface area contributed by atoms with Gasteiger partial charge in [0.15, 0.2) is 5.96 Å². The van der Waals surface area contributed by atoms with Gasteiger partial charge in [-0.05, 0) is 43.7 Å². The minimum absolute atomic E-state index is 0.337. The van der Waals surface area contributed by atoms with E-state index in [1.807, 2.05) is 18.2 Å². The molecule has 0 spiro atoms. The van der Waals surface area contributed by atoms with Crippen molar-refractivity contribution >= 4 is 17.0 Å². The van der Waals surface area contributed by atoms with Crippen LogP contribution >= 0.6 is 0 Å². The maximum Gasteiger partial charge on any atom is 0.191 e. The van der Waals surface area contributed by atoms with Crippen LogP contribution in [0.2, 0.25) is 0 Å². The third-order valence-corrected chi connectivity index (χ3v) is 5.73. The Bertz CT molecular complexity index is 761. The van der Waals surface area contributed by atoms with Crippen molar-refractivity contribution in [3.05, 3.63) is 30.1 Å². The van der Waals surface area contributed by atoms with Gasteiger partial charge in [0.05, 0.1) is 11.0 Å². The van der Waals surface area contributed by atoms with E-state index in [2.05, 4.69) is 35.2 Å². The van der Waals surface area contributed by atoms with Crippen LogP contribution < -0.4 is 10.6 Å². The molecule has 1 fully saturated rings. The Morgan fingerprint density at radius 1 is 1.26 bits per heavy atom. The van der Waals surface area contributed by atoms with E-state index in [1.165, 1.54) is 25.7 Å². The number of rotatable bonds is 8. The summed E-state index contributed by atoms with van der Waals surface area (Å²) in [5.74, 6) is 1.84. The number of imidazole rings is 1. The molecule has 1 aromatic heterocycles. The molecule has 0 radical (unpaired) electrons. The van der Waals surface area contributed by atoms with Crippen LogP contribution in [-0.4, -0.2) is 42.3 Å². The number of hydrogen-bond acceptors (Lipinski definition) is 3. The Balaban J connectivity index is 1.67. The molecule has 148 valence electrons. The molecule has 1 aromatic carbocycles. The number of aliphatic imine (C=N–C) groups is 1. The van der Waals surface area contributed by atoms with Crippen LogP contribution in [0.25, 0.3) is 11.0 Å². The van der Waals surface area contributed by atoms with Crippen molar-refractivity contribution in [3.8, 4) is 0 Å². The fourth-order valence-electron chi connectivity index (χ4n) is 4.06. The second-order valence-electron chi connectivity index (χ2n) is 7.57. The largest absolute Gasteiger partial charge is 0.385 e. The molecule has 0 bridgehead atoms. The number of ether oxygens (including phenoxy) is 1. The predicted octanol–water partition coefficient (Wildman–Crippen LogP) is 3.23. The Morgan fingerprint density at radius 2 is 2.04 bits per heavy atom. The van der Waals surface area contributed by atoms with Gasteiger partial charge in [-0.25, -0.2) is 9.98 Å². The Labute approximate surface area is 162 Å². The molecule has 6 heteroatoms. The number of nitrogens with zero attached hydrogens (tertiary/aromatic N) is 3. The predicted molar refractivity (Wildman–Crippen MR) is 111 cm³/mol. The quantitative estimate of drug-likeness (QED) is 0.552. The molecule has 2 aromatic rings. The Kier molecular flexibility index (Phi) is 6.72. The molecule has 2 N–H and O–H groups in total. The van der Waals surface area contributed by atoms with E-state index in [9.17, 15) is 0 Å². The molecule has 1 aliphatic carbocycles. The normalized spacial score (nSPS) is 16.8. The number of hydrogen-bond donors (Lipinski definition) is 2. The molecule has 3 rings (SSSR count). The zero-order valence-corrected chi connectivity index (χ0v) is 16.9. The summed E-state index contributed by atoms with van der Waals surface area (Å²) < 4.78 is 7.47. The van der Waals surface area contributed by atoms with Crippen molar-refractivity contribution in [2.45, 2.75) is 45.6 Å². The maximum absolute atomic E-state index is 5.35. The summed E-state index contributed by atoms with van der Waals surface area (Å²) in [4.78, 5) is 9.51. The molecule has 0 unspecified atom stereocenters. The molecule has 0 aliphatic heterocycles. The number of methoxy groups -OCH3 is 1. The lowest BCUT2D eigenvalue weighted by Gasteiger charge is -2.30. The topological polar surface area (TPSA) is 63.5 Å². The van der Waals surface area contributed by atoms with Gasteiger partial charge in [0.25, 0.3) is 0 Å². The van der Waals surface area contributed by atoms with E-state index < -0.39 is 0 Å². The first-order valence-electron chi connectivity index (χ1n) is 10.1. The zero-order chi connectivity index (χ0) is 19.1. The second kappa shape index (κ2) is 9.22. The van der Waals surface area contributed by atoms with Crippen LogP contribution in [0.15, 0.2) is 29.3 Å². The lowest BCUT2D eigenvalue weighted by atomic mass is 9.83. The van der Waals surface area contributed by atoms with Crippen molar-refractivity contribution in [1.82, 2.24) is 20.2 Å². The summed E-state index contributed by atoms with van der Waals surface area (Å²) in [6.45, 7) is 5.29. The summed E-state index contributed by atoms with van der Waals surface area (Å²) in [7, 11) is 3.84. The SMILES string of the molecule is CCNC(=NCc1nc2ccccc2n1C)NCC1(CCOC)CCCC1. The number of guanidine groups is 1. The Morgan fingerprint density at radius 3 is 2.74 bits per heavy atom. The van der Waals surface area contributed by atoms with Crippen LogP contribution in [0, 0.1) is 5.41 Å². The van der Waals surface area contributed by atoms with Gasteiger partial charge >= 0.3 is 0 Å². The van der Waals surface area contributed by atoms with Gasteiger partial charge in [-0.1, -0.05) is 25.0 Å². The number of aromatic nitrogens is 2. The molecular formula is C21H33N5O. The van der Waals surface area contributed by atoms with E-state index in [-0.39, 0.29) is 0 Å². The fraction of sp³-hybridized carbons (Fsp3) is 0.619. The zero-order valence-electron chi connectivity index (χ0n) is 16.9. The lowest BCUT2D eigenvalue weighted by molar-refractivity contribution is 0.138. The van der Waals surface area contributed by atoms with Crippen molar-refractivity contribution in [1.29, 1.82) is 0 Å². The molecule has 0 saturated heterocycles. The monoisotopic (exact) mass is 371 g/mol. The van der Waals surface area contributed by atoms with Gasteiger partial charge in [-0.3, -0.25) is 0 Å². The van der Waals surface area contributed by atoms with Gasteiger partial charge in [0.2, 0.25) is 0 Å². The van der Waals surface area contributed by atoms with E-state index in [0.29, 0.717) is 12.0 Å². The van der Waals surface area contributed by atoms with Crippen LogP contribution in [-0.2, 0) is 18.3 Å². The van der Waals surface area contributed by atoms with Crippen molar-refractivity contribution < 1.29 is 4.74 Å². The van der Waals surface area contributed by atoms with Gasteiger partial charge in [-0.2, -0.15) is 0 Å². The number of fused-ring (bicyclic) bond motifs is 1. The van der Waals surface area contributed by atoms with Crippen LogP contribution in [0.1, 0.15) is 44.9 Å². The molecule has 1 saturated carbocycles. The van der Waals surface area contributed by atoms with Crippen LogP contribution in [0.5, 0.6) is 0 Å². The molecule has 27 heavy (non-hydrogen) atoms. The standard InChI is InChI=1S/C21H33N5O/c1-4-22-20(24-16-21(13-14-27-3)11-7-8-12-21)23-15-19-25-17-9-5-6-10-18(17)26(19)2/h5-6,9-10H,4,7-8,11-16H2,1-3H3,(H2,22,23,24). The average molecular weight is 372 g/mol. The van der Waals surface area contributed by atoms with E-state index in [0.717, 1.165) is 48.9 Å². The van der Waals surface area contributed by atoms with Gasteiger partial charge in [0.1, 0.15) is 12.4 Å². The molecule has 0 atom stereocenters. The van der Waals surface area contributed by atoms with E-state index in [4.69, 9.17) is 14.7 Å². The van der Waals surface area contributed by atoms with Crippen LogP contribution in [0.3, 0.4) is 0 Å². The van der Waals surface area contributed by atoms with E-state index >= 15 is 0 Å². The number of aryl methyl sites for hydroxylation is 1. The Hall–Kier alpha value is -2.08. The number of para-hydroxylation sites is 2. The first-order chi connectivity index (χ1) is 13.2. The summed E-state index contributed by atoms with van der Waals surface area (Å²) in [6.07, 6.45) is 6.29. The maximum atomic E-state index is 5.35. The highest BCUT2D eigenvalue weighted by Gasteiger charge is 2.33. The summed E-state index contributed by atoms with van der Waals surface area (Å²) in [6, 6.07) is 8.21. The van der Waals surface area contributed by atoms with Crippen molar-refractivity contribution in [2.75, 3.05) is 26.8 Å². The number of nitrogens with one attached hydrogen (secondary N) is 2. The minimum atomic E-state index is 0.337. The summed E-state index contributed by atoms with van der Waals surface area (Å²) in [5.41, 5.74) is 2.50. The summed E-state index contributed by atoms with van der Waals surface area (Å²) >= 11 is 0. The highest BCUT2D eigenvalue weighted by molar-refractivity contribution is 5.80. The van der Waals surface area contributed by atoms with Gasteiger partial charge < -0.3 is 19.9 Å². The van der Waals surface area contributed by atoms with Gasteiger partial charge in [-0.15, -0.1) is 0 Å². The van der Waals surface area contributed by atoms with Crippen molar-refractivity contribution in [3.63, 3.8) is 0 Å².